The Kier molecular flexibility index (Phi) is 7.21. The molecule has 238 valence electrons. The van der Waals surface area contributed by atoms with E-state index in [1.807, 2.05) is 12.3 Å². The highest BCUT2D eigenvalue weighted by molar-refractivity contribution is 6.09. The second-order valence-electron chi connectivity index (χ2n) is 14.0. The van der Waals surface area contributed by atoms with Crippen LogP contribution in [0, 0.1) is 0 Å². The highest BCUT2D eigenvalue weighted by Crippen LogP contribution is 2.46. The number of hydrogen-bond acceptors (Lipinski definition) is 4. The molecule has 48 heavy (non-hydrogen) atoms. The fraction of sp³-hybridized carbons (Fsp3) is 0.186. The summed E-state index contributed by atoms with van der Waals surface area (Å²) in [5.74, 6) is 2.91. The van der Waals surface area contributed by atoms with E-state index in [1.165, 1.54) is 39.0 Å². The first-order valence-electron chi connectivity index (χ1n) is 16.8. The molecule has 8 rings (SSSR count). The molecule has 0 aliphatic carbocycles. The van der Waals surface area contributed by atoms with Gasteiger partial charge in [-0.25, -0.2) is 4.98 Å². The first-order chi connectivity index (χ1) is 23.3. The quantitative estimate of drug-likeness (QED) is 0.183. The zero-order valence-electron chi connectivity index (χ0n) is 28.2. The number of fused-ring (bicyclic) bond motifs is 4. The van der Waals surface area contributed by atoms with Crippen molar-refractivity contribution in [1.82, 2.24) is 9.55 Å². The zero-order chi connectivity index (χ0) is 33.0. The molecule has 0 unspecified atom stereocenters. The predicted molar refractivity (Wildman–Crippen MR) is 200 cm³/mol. The van der Waals surface area contributed by atoms with E-state index in [9.17, 15) is 0 Å². The van der Waals surface area contributed by atoms with Gasteiger partial charge in [0.15, 0.2) is 0 Å². The molecule has 3 heterocycles. The molecule has 0 spiro atoms. The van der Waals surface area contributed by atoms with Crippen LogP contribution in [-0.4, -0.2) is 16.2 Å². The molecule has 0 amide bonds. The molecule has 0 atom stereocenters. The fourth-order valence-electron chi connectivity index (χ4n) is 6.98. The highest BCUT2D eigenvalue weighted by Gasteiger charge is 2.29. The van der Waals surface area contributed by atoms with Crippen molar-refractivity contribution in [1.29, 1.82) is 0 Å². The highest BCUT2D eigenvalue weighted by atomic mass is 16.5. The summed E-state index contributed by atoms with van der Waals surface area (Å²) in [5.41, 5.74) is 9.53. The first kappa shape index (κ1) is 29.8. The Morgan fingerprint density at radius 1 is 0.625 bits per heavy atom. The van der Waals surface area contributed by atoms with Gasteiger partial charge in [0, 0.05) is 40.5 Å². The van der Waals surface area contributed by atoms with Gasteiger partial charge in [0.05, 0.1) is 22.4 Å². The molecule has 1 aliphatic heterocycles. The van der Waals surface area contributed by atoms with Gasteiger partial charge in [-0.05, 0) is 83.1 Å². The lowest BCUT2D eigenvalue weighted by Crippen LogP contribution is -2.24. The van der Waals surface area contributed by atoms with Crippen LogP contribution < -0.4 is 14.5 Å². The van der Waals surface area contributed by atoms with Gasteiger partial charge in [-0.1, -0.05) is 89.2 Å². The predicted octanol–water partition coefficient (Wildman–Crippen LogP) is 11.6. The Balaban J connectivity index is 1.16. The average Bonchev–Trinajstić information content (AvgIpc) is 3.64. The van der Waals surface area contributed by atoms with Crippen molar-refractivity contribution in [3.63, 3.8) is 0 Å². The Labute approximate surface area is 282 Å². The van der Waals surface area contributed by atoms with Crippen LogP contribution in [0.3, 0.4) is 0 Å². The van der Waals surface area contributed by atoms with Crippen molar-refractivity contribution in [3.8, 4) is 17.3 Å². The number of rotatable bonds is 6. The van der Waals surface area contributed by atoms with Crippen molar-refractivity contribution in [3.05, 3.63) is 145 Å². The van der Waals surface area contributed by atoms with E-state index >= 15 is 0 Å². The number of para-hydroxylation sites is 4. The van der Waals surface area contributed by atoms with E-state index in [0.717, 1.165) is 40.7 Å². The van der Waals surface area contributed by atoms with E-state index in [4.69, 9.17) is 9.72 Å². The minimum Gasteiger partial charge on any atom is -0.457 e. The summed E-state index contributed by atoms with van der Waals surface area (Å²) in [6.45, 7) is 12.0. The summed E-state index contributed by atoms with van der Waals surface area (Å²) < 4.78 is 8.89. The van der Waals surface area contributed by atoms with E-state index < -0.39 is 0 Å². The van der Waals surface area contributed by atoms with E-state index in [0.29, 0.717) is 5.92 Å². The average molecular weight is 629 g/mol. The van der Waals surface area contributed by atoms with Crippen LogP contribution in [0.1, 0.15) is 51.7 Å². The van der Waals surface area contributed by atoms with Crippen LogP contribution in [0.25, 0.3) is 27.6 Å². The zero-order valence-corrected chi connectivity index (χ0v) is 28.2. The summed E-state index contributed by atoms with van der Waals surface area (Å²) in [5, 5.41) is 2.37. The van der Waals surface area contributed by atoms with Crippen LogP contribution in [0.5, 0.6) is 11.5 Å². The van der Waals surface area contributed by atoms with E-state index in [2.05, 4.69) is 170 Å². The maximum atomic E-state index is 6.63. The SMILES string of the molecule is CC(C)c1ccccc1N1CN(c2cccc(Oc3ccc4c5ccccc5n(-c5cc(C(C)(C)C)ccn5)c4c3)c2)c2ccccc21. The largest absolute Gasteiger partial charge is 0.457 e. The molecule has 0 saturated carbocycles. The molecule has 2 aromatic heterocycles. The standard InChI is InChI=1S/C43H40N4O/c1-29(2)34-15-6-8-17-37(34)46-28-45(39-19-10-11-20-40(39)46)31-13-12-14-32(26-31)48-33-21-22-36-35-16-7-9-18-38(35)47(41(36)27-33)42-25-30(23-24-44-42)43(3,4)5/h6-27,29H,28H2,1-5H3. The molecule has 1 aliphatic rings. The Hall–Kier alpha value is -5.55. The van der Waals surface area contributed by atoms with Crippen molar-refractivity contribution in [2.24, 2.45) is 0 Å². The van der Waals surface area contributed by atoms with Gasteiger partial charge < -0.3 is 14.5 Å². The van der Waals surface area contributed by atoms with Gasteiger partial charge in [0.25, 0.3) is 0 Å². The number of hydrogen-bond donors (Lipinski definition) is 0. The molecule has 5 nitrogen and oxygen atoms in total. The number of ether oxygens (including phenoxy) is 1. The number of pyridine rings is 1. The molecule has 0 radical (unpaired) electrons. The normalized spacial score (nSPS) is 13.1. The van der Waals surface area contributed by atoms with Crippen molar-refractivity contribution >= 4 is 44.6 Å². The first-order valence-corrected chi connectivity index (χ1v) is 16.8. The molecule has 5 aromatic carbocycles. The van der Waals surface area contributed by atoms with E-state index in [1.54, 1.807) is 0 Å². The lowest BCUT2D eigenvalue weighted by Gasteiger charge is -2.25. The molecule has 0 fully saturated rings. The Morgan fingerprint density at radius 2 is 1.31 bits per heavy atom. The lowest BCUT2D eigenvalue weighted by molar-refractivity contribution is 0.483. The van der Waals surface area contributed by atoms with Crippen LogP contribution in [0.4, 0.5) is 22.7 Å². The Bertz CT molecular complexity index is 2290. The van der Waals surface area contributed by atoms with Crippen molar-refractivity contribution < 1.29 is 4.74 Å². The molecular weight excluding hydrogens is 589 g/mol. The molecule has 0 N–H and O–H groups in total. The summed E-state index contributed by atoms with van der Waals surface area (Å²) in [7, 11) is 0. The number of anilines is 4. The second kappa shape index (κ2) is 11.6. The summed E-state index contributed by atoms with van der Waals surface area (Å²) in [4.78, 5) is 9.63. The summed E-state index contributed by atoms with van der Waals surface area (Å²) in [6.07, 6.45) is 1.92. The van der Waals surface area contributed by atoms with Gasteiger partial charge in [-0.15, -0.1) is 0 Å². The van der Waals surface area contributed by atoms with Gasteiger partial charge in [0.2, 0.25) is 0 Å². The van der Waals surface area contributed by atoms with Crippen LogP contribution >= 0.6 is 0 Å². The van der Waals surface area contributed by atoms with Gasteiger partial charge >= 0.3 is 0 Å². The summed E-state index contributed by atoms with van der Waals surface area (Å²) in [6, 6.07) is 45.1. The topological polar surface area (TPSA) is 33.5 Å². The van der Waals surface area contributed by atoms with E-state index in [-0.39, 0.29) is 5.41 Å². The molecule has 5 heteroatoms. The third-order valence-electron chi connectivity index (χ3n) is 9.45. The number of aromatic nitrogens is 2. The van der Waals surface area contributed by atoms with Crippen molar-refractivity contribution in [2.75, 3.05) is 16.5 Å². The Morgan fingerprint density at radius 3 is 2.10 bits per heavy atom. The number of benzene rings is 5. The minimum absolute atomic E-state index is 0.0143. The molecule has 7 aromatic rings. The third-order valence-corrected chi connectivity index (χ3v) is 9.45. The summed E-state index contributed by atoms with van der Waals surface area (Å²) >= 11 is 0. The third kappa shape index (κ3) is 5.16. The smallest absolute Gasteiger partial charge is 0.137 e. The van der Waals surface area contributed by atoms with Gasteiger partial charge in [-0.3, -0.25) is 4.57 Å². The maximum absolute atomic E-state index is 6.63. The number of nitrogens with zero attached hydrogens (tertiary/aromatic N) is 4. The van der Waals surface area contributed by atoms with Gasteiger partial charge in [0.1, 0.15) is 24.0 Å². The van der Waals surface area contributed by atoms with Crippen LogP contribution in [-0.2, 0) is 5.41 Å². The minimum atomic E-state index is 0.0143. The fourth-order valence-corrected chi connectivity index (χ4v) is 6.98. The molecular formula is C43H40N4O. The monoisotopic (exact) mass is 628 g/mol. The van der Waals surface area contributed by atoms with Gasteiger partial charge in [-0.2, -0.15) is 0 Å². The van der Waals surface area contributed by atoms with Crippen LogP contribution in [0.15, 0.2) is 134 Å². The lowest BCUT2D eigenvalue weighted by atomic mass is 9.88. The van der Waals surface area contributed by atoms with Crippen LogP contribution in [0.2, 0.25) is 0 Å². The molecule has 0 bridgehead atoms. The second-order valence-corrected chi connectivity index (χ2v) is 14.0. The van der Waals surface area contributed by atoms with Crippen molar-refractivity contribution in [2.45, 2.75) is 46.0 Å². The maximum Gasteiger partial charge on any atom is 0.137 e. The molecule has 0 saturated heterocycles.